The Labute approximate surface area is 176 Å². The first-order chi connectivity index (χ1) is 14.5. The number of nitrogens with zero attached hydrogens (tertiary/aromatic N) is 5. The number of aliphatic hydroxyl groups excluding tert-OH is 1. The Hall–Kier alpha value is -2.88. The van der Waals surface area contributed by atoms with Crippen molar-refractivity contribution in [2.75, 3.05) is 31.1 Å². The Morgan fingerprint density at radius 3 is 2.93 bits per heavy atom. The van der Waals surface area contributed by atoms with E-state index in [1.807, 2.05) is 30.3 Å². The number of aliphatic hydroxyl groups is 1. The molecular weight excluding hydrogens is 406 g/mol. The van der Waals surface area contributed by atoms with Gasteiger partial charge >= 0.3 is 0 Å². The van der Waals surface area contributed by atoms with E-state index in [2.05, 4.69) is 15.4 Å². The molecule has 1 saturated heterocycles. The van der Waals surface area contributed by atoms with E-state index < -0.39 is 0 Å². The van der Waals surface area contributed by atoms with Crippen molar-refractivity contribution in [1.29, 1.82) is 0 Å². The van der Waals surface area contributed by atoms with Crippen molar-refractivity contribution in [3.8, 4) is 11.1 Å². The van der Waals surface area contributed by atoms with Crippen LogP contribution in [0.15, 0.2) is 29.3 Å². The van der Waals surface area contributed by atoms with Crippen molar-refractivity contribution >= 4 is 39.5 Å². The second-order valence-electron chi connectivity index (χ2n) is 7.64. The van der Waals surface area contributed by atoms with Crippen molar-refractivity contribution < 1.29 is 5.11 Å². The van der Waals surface area contributed by atoms with E-state index in [1.165, 1.54) is 0 Å². The van der Waals surface area contributed by atoms with Gasteiger partial charge in [0.1, 0.15) is 5.65 Å². The molecule has 10 heteroatoms. The minimum atomic E-state index is -0.146. The first-order valence-corrected chi connectivity index (χ1v) is 10.1. The molecule has 1 aromatic carbocycles. The van der Waals surface area contributed by atoms with Crippen molar-refractivity contribution in [3.05, 3.63) is 39.9 Å². The number of aryl methyl sites for hydroxylation is 1. The Bertz CT molecular complexity index is 1320. The maximum atomic E-state index is 13.3. The van der Waals surface area contributed by atoms with Crippen LogP contribution < -0.4 is 15.8 Å². The summed E-state index contributed by atoms with van der Waals surface area (Å²) in [6.45, 7) is 2.04. The molecular formula is C20H22ClN7O2. The van der Waals surface area contributed by atoms with Crippen molar-refractivity contribution in [3.63, 3.8) is 0 Å². The van der Waals surface area contributed by atoms with E-state index in [9.17, 15) is 9.90 Å². The zero-order valence-corrected chi connectivity index (χ0v) is 17.4. The highest BCUT2D eigenvalue weighted by molar-refractivity contribution is 6.38. The average molecular weight is 428 g/mol. The van der Waals surface area contributed by atoms with Crippen LogP contribution in [-0.4, -0.2) is 61.7 Å². The quantitative estimate of drug-likeness (QED) is 0.454. The summed E-state index contributed by atoms with van der Waals surface area (Å²) < 4.78 is 3.28. The number of fused-ring (bicyclic) bond motifs is 2. The van der Waals surface area contributed by atoms with E-state index in [0.29, 0.717) is 40.7 Å². The van der Waals surface area contributed by atoms with Crippen LogP contribution in [0, 0.1) is 0 Å². The molecule has 9 nitrogen and oxygen atoms in total. The van der Waals surface area contributed by atoms with Gasteiger partial charge in [0.2, 0.25) is 5.95 Å². The second-order valence-corrected chi connectivity index (χ2v) is 8.02. The van der Waals surface area contributed by atoms with Gasteiger partial charge in [-0.2, -0.15) is 10.1 Å². The maximum Gasteiger partial charge on any atom is 0.264 e. The summed E-state index contributed by atoms with van der Waals surface area (Å²) in [5.74, 6) is 0.578. The topological polar surface area (TPSA) is 104 Å². The van der Waals surface area contributed by atoms with Crippen LogP contribution >= 0.6 is 11.6 Å². The largest absolute Gasteiger partial charge is 0.395 e. The number of hydrogen-bond donors (Lipinski definition) is 3. The number of halogens is 1. The second kappa shape index (κ2) is 7.12. The number of H-pyrrole nitrogens is 1. The average Bonchev–Trinajstić information content (AvgIpc) is 3.34. The fourth-order valence-electron chi connectivity index (χ4n) is 4.16. The summed E-state index contributed by atoms with van der Waals surface area (Å²) in [7, 11) is 3.57. The van der Waals surface area contributed by atoms with Crippen molar-refractivity contribution in [2.24, 2.45) is 14.1 Å². The third kappa shape index (κ3) is 2.89. The molecule has 156 valence electrons. The first kappa shape index (κ1) is 19.1. The summed E-state index contributed by atoms with van der Waals surface area (Å²) in [6, 6.07) is 3.74. The molecule has 4 aromatic rings. The summed E-state index contributed by atoms with van der Waals surface area (Å²) in [4.78, 5) is 23.2. The number of hydrogen-bond acceptors (Lipinski definition) is 6. The van der Waals surface area contributed by atoms with Crippen molar-refractivity contribution in [2.45, 2.75) is 6.04 Å². The van der Waals surface area contributed by atoms with E-state index >= 15 is 0 Å². The Morgan fingerprint density at radius 2 is 2.13 bits per heavy atom. The molecule has 0 bridgehead atoms. The van der Waals surface area contributed by atoms with Gasteiger partial charge in [-0.25, -0.2) is 0 Å². The summed E-state index contributed by atoms with van der Waals surface area (Å²) in [5.41, 5.74) is 2.65. The minimum Gasteiger partial charge on any atom is -0.395 e. The van der Waals surface area contributed by atoms with E-state index in [-0.39, 0.29) is 18.2 Å². The van der Waals surface area contributed by atoms with Gasteiger partial charge in [-0.05, 0) is 6.07 Å². The summed E-state index contributed by atoms with van der Waals surface area (Å²) >= 11 is 6.69. The number of rotatable bonds is 3. The smallest absolute Gasteiger partial charge is 0.264 e. The number of aromatic nitrogens is 5. The van der Waals surface area contributed by atoms with E-state index in [4.69, 9.17) is 16.6 Å². The Morgan fingerprint density at radius 1 is 1.30 bits per heavy atom. The maximum absolute atomic E-state index is 13.3. The van der Waals surface area contributed by atoms with Gasteiger partial charge in [0.05, 0.1) is 22.5 Å². The van der Waals surface area contributed by atoms with Gasteiger partial charge in [0, 0.05) is 68.7 Å². The molecule has 1 unspecified atom stereocenters. The molecule has 0 aliphatic carbocycles. The number of aromatic amines is 1. The molecule has 4 heterocycles. The molecule has 0 spiro atoms. The normalized spacial score (nSPS) is 17.3. The van der Waals surface area contributed by atoms with E-state index in [0.717, 1.165) is 23.0 Å². The number of nitrogens with one attached hydrogen (secondary N) is 2. The highest BCUT2D eigenvalue weighted by atomic mass is 35.5. The van der Waals surface area contributed by atoms with Gasteiger partial charge in [-0.3, -0.25) is 14.0 Å². The zero-order chi connectivity index (χ0) is 21.0. The van der Waals surface area contributed by atoms with Gasteiger partial charge in [0.25, 0.3) is 5.56 Å². The van der Waals surface area contributed by atoms with Crippen LogP contribution in [-0.2, 0) is 14.1 Å². The summed E-state index contributed by atoms with van der Waals surface area (Å²) in [5, 5.41) is 19.0. The molecule has 1 aliphatic rings. The van der Waals surface area contributed by atoms with E-state index in [1.54, 1.807) is 22.5 Å². The van der Waals surface area contributed by atoms with Crippen LogP contribution in [0.1, 0.15) is 0 Å². The minimum absolute atomic E-state index is 0.0364. The van der Waals surface area contributed by atoms with Crippen LogP contribution in [0.4, 0.5) is 5.95 Å². The standard InChI is InChI=1S/C20H22ClN7O2/c1-26-9-14-15(25-26)4-3-12(17(14)21)13-7-23-18-16(13)19(30)27(2)20(24-18)28-6-5-22-11(8-28)10-29/h3-4,7,9,11,22-23,29H,5-6,8,10H2,1-2H3. The molecule has 1 aliphatic heterocycles. The molecule has 5 rings (SSSR count). The van der Waals surface area contributed by atoms with Crippen molar-refractivity contribution in [1.82, 2.24) is 29.6 Å². The molecule has 0 radical (unpaired) electrons. The number of anilines is 1. The molecule has 3 N–H and O–H groups in total. The highest BCUT2D eigenvalue weighted by Crippen LogP contribution is 2.36. The highest BCUT2D eigenvalue weighted by Gasteiger charge is 2.24. The molecule has 1 fully saturated rings. The molecule has 1 atom stereocenters. The van der Waals surface area contributed by atoms with Crippen LogP contribution in [0.25, 0.3) is 33.1 Å². The third-order valence-electron chi connectivity index (χ3n) is 5.68. The van der Waals surface area contributed by atoms with Gasteiger partial charge in [-0.15, -0.1) is 0 Å². The first-order valence-electron chi connectivity index (χ1n) is 9.77. The molecule has 0 saturated carbocycles. The molecule has 0 amide bonds. The molecule has 3 aromatic heterocycles. The fourth-order valence-corrected chi connectivity index (χ4v) is 4.47. The predicted molar refractivity (Wildman–Crippen MR) is 117 cm³/mol. The SMILES string of the molecule is Cn1cc2c(Cl)c(-c3c[nH]c4nc(N5CCNC(CO)C5)n(C)c(=O)c34)ccc2n1. The lowest BCUT2D eigenvalue weighted by Gasteiger charge is -2.34. The lowest BCUT2D eigenvalue weighted by molar-refractivity contribution is 0.235. The van der Waals surface area contributed by atoms with Gasteiger partial charge in [-0.1, -0.05) is 17.7 Å². The van der Waals surface area contributed by atoms with Crippen LogP contribution in [0.3, 0.4) is 0 Å². The predicted octanol–water partition coefficient (Wildman–Crippen LogP) is 1.24. The monoisotopic (exact) mass is 427 g/mol. The lowest BCUT2D eigenvalue weighted by atomic mass is 10.0. The lowest BCUT2D eigenvalue weighted by Crippen LogP contribution is -2.53. The van der Waals surface area contributed by atoms with Gasteiger partial charge < -0.3 is 20.3 Å². The van der Waals surface area contributed by atoms with Gasteiger partial charge in [0.15, 0.2) is 0 Å². The number of piperazine rings is 1. The summed E-state index contributed by atoms with van der Waals surface area (Å²) in [6.07, 6.45) is 3.65. The fraction of sp³-hybridized carbons (Fsp3) is 0.350. The zero-order valence-electron chi connectivity index (χ0n) is 16.7. The Balaban J connectivity index is 1.65. The molecule has 30 heavy (non-hydrogen) atoms. The Kier molecular flexibility index (Phi) is 4.53. The third-order valence-corrected chi connectivity index (χ3v) is 6.08. The van der Waals surface area contributed by atoms with Crippen LogP contribution in [0.2, 0.25) is 5.02 Å². The van der Waals surface area contributed by atoms with Crippen LogP contribution in [0.5, 0.6) is 0 Å². The number of benzene rings is 1.